The predicted octanol–water partition coefficient (Wildman–Crippen LogP) is 4.27. The summed E-state index contributed by atoms with van der Waals surface area (Å²) in [5.41, 5.74) is 0.912. The van der Waals surface area contributed by atoms with Crippen molar-refractivity contribution < 1.29 is 13.2 Å². The number of rotatable bonds is 5. The summed E-state index contributed by atoms with van der Waals surface area (Å²) in [5.74, 6) is -1.53. The molecule has 0 saturated heterocycles. The summed E-state index contributed by atoms with van der Waals surface area (Å²) in [6, 6.07) is 7.58. The highest BCUT2D eigenvalue weighted by molar-refractivity contribution is 5.64. The first-order valence-electron chi connectivity index (χ1n) is 6.56. The topological polar surface area (TPSA) is 12.0 Å². The van der Waals surface area contributed by atoms with Gasteiger partial charge in [-0.15, -0.1) is 0 Å². The molecule has 1 nitrogen and oxygen atoms in total. The van der Waals surface area contributed by atoms with Crippen LogP contribution in [0.5, 0.6) is 0 Å². The second kappa shape index (κ2) is 6.57. The van der Waals surface area contributed by atoms with Crippen molar-refractivity contribution in [1.82, 2.24) is 5.32 Å². The second-order valence-electron chi connectivity index (χ2n) is 4.61. The van der Waals surface area contributed by atoms with Crippen molar-refractivity contribution >= 4 is 0 Å². The van der Waals surface area contributed by atoms with Gasteiger partial charge < -0.3 is 5.32 Å². The van der Waals surface area contributed by atoms with E-state index in [2.05, 4.69) is 5.32 Å². The quantitative estimate of drug-likeness (QED) is 0.806. The Morgan fingerprint density at radius 2 is 1.75 bits per heavy atom. The van der Waals surface area contributed by atoms with Gasteiger partial charge in [-0.2, -0.15) is 0 Å². The zero-order valence-electron chi connectivity index (χ0n) is 11.2. The van der Waals surface area contributed by atoms with Crippen molar-refractivity contribution in [2.24, 2.45) is 0 Å². The normalized spacial score (nSPS) is 10.8. The Bertz CT molecular complexity index is 596. The van der Waals surface area contributed by atoms with Gasteiger partial charge in [0.1, 0.15) is 17.5 Å². The Kier molecular flexibility index (Phi) is 4.79. The molecule has 0 amide bonds. The van der Waals surface area contributed by atoms with Crippen molar-refractivity contribution in [2.75, 3.05) is 6.54 Å². The molecule has 0 aliphatic rings. The molecule has 0 aliphatic heterocycles. The number of halogens is 3. The third kappa shape index (κ3) is 3.39. The minimum Gasteiger partial charge on any atom is -0.313 e. The molecule has 0 radical (unpaired) electrons. The van der Waals surface area contributed by atoms with Crippen LogP contribution < -0.4 is 5.32 Å². The van der Waals surface area contributed by atoms with Crippen molar-refractivity contribution in [3.63, 3.8) is 0 Å². The lowest BCUT2D eigenvalue weighted by Crippen LogP contribution is -2.14. The molecule has 1 N–H and O–H groups in total. The third-order valence-corrected chi connectivity index (χ3v) is 3.03. The fraction of sp³-hybridized carbons (Fsp3) is 0.250. The maximum absolute atomic E-state index is 13.9. The standard InChI is InChI=1S/C16H16F3N/c1-2-7-20-10-12-4-3-11(8-16(12)19)14-9-13(17)5-6-15(14)18/h3-6,8-9,20H,2,7,10H2,1H3. The van der Waals surface area contributed by atoms with Gasteiger partial charge in [0.05, 0.1) is 0 Å². The molecule has 0 heterocycles. The van der Waals surface area contributed by atoms with Crippen LogP contribution in [0, 0.1) is 17.5 Å². The summed E-state index contributed by atoms with van der Waals surface area (Å²) < 4.78 is 40.7. The molecule has 2 rings (SSSR count). The van der Waals surface area contributed by atoms with Crippen LogP contribution >= 0.6 is 0 Å². The van der Waals surface area contributed by atoms with Crippen LogP contribution in [0.4, 0.5) is 13.2 Å². The molecule has 0 atom stereocenters. The zero-order chi connectivity index (χ0) is 14.5. The van der Waals surface area contributed by atoms with Crippen LogP contribution in [-0.2, 0) is 6.54 Å². The number of hydrogen-bond acceptors (Lipinski definition) is 1. The maximum atomic E-state index is 13.9. The first-order valence-corrected chi connectivity index (χ1v) is 6.56. The fourth-order valence-electron chi connectivity index (χ4n) is 1.98. The lowest BCUT2D eigenvalue weighted by molar-refractivity contribution is 0.586. The van der Waals surface area contributed by atoms with E-state index in [0.29, 0.717) is 17.7 Å². The molecule has 0 aromatic heterocycles. The molecule has 0 bridgehead atoms. The number of benzene rings is 2. The molecule has 0 saturated carbocycles. The van der Waals surface area contributed by atoms with E-state index in [1.807, 2.05) is 6.92 Å². The average Bonchev–Trinajstić information content (AvgIpc) is 2.43. The highest BCUT2D eigenvalue weighted by Gasteiger charge is 2.09. The Morgan fingerprint density at radius 1 is 0.950 bits per heavy atom. The second-order valence-corrected chi connectivity index (χ2v) is 4.61. The minimum absolute atomic E-state index is 0.0666. The molecule has 20 heavy (non-hydrogen) atoms. The summed E-state index contributed by atoms with van der Waals surface area (Å²) in [5, 5.41) is 3.10. The summed E-state index contributed by atoms with van der Waals surface area (Å²) >= 11 is 0. The summed E-state index contributed by atoms with van der Waals surface area (Å²) in [6.45, 7) is 3.25. The summed E-state index contributed by atoms with van der Waals surface area (Å²) in [7, 11) is 0. The van der Waals surface area contributed by atoms with Crippen LogP contribution in [0.1, 0.15) is 18.9 Å². The monoisotopic (exact) mass is 279 g/mol. The van der Waals surface area contributed by atoms with Crippen molar-refractivity contribution in [3.8, 4) is 11.1 Å². The molecule has 0 spiro atoms. The van der Waals surface area contributed by atoms with Crippen LogP contribution in [-0.4, -0.2) is 6.54 Å². The van der Waals surface area contributed by atoms with Crippen LogP contribution in [0.15, 0.2) is 36.4 Å². The van der Waals surface area contributed by atoms with E-state index in [9.17, 15) is 13.2 Å². The van der Waals surface area contributed by atoms with Crippen LogP contribution in [0.25, 0.3) is 11.1 Å². The van der Waals surface area contributed by atoms with E-state index in [1.54, 1.807) is 12.1 Å². The SMILES string of the molecule is CCCNCc1ccc(-c2cc(F)ccc2F)cc1F. The summed E-state index contributed by atoms with van der Waals surface area (Å²) in [6.07, 6.45) is 0.966. The first kappa shape index (κ1) is 14.6. The largest absolute Gasteiger partial charge is 0.313 e. The lowest BCUT2D eigenvalue weighted by atomic mass is 10.0. The molecule has 106 valence electrons. The van der Waals surface area contributed by atoms with E-state index in [0.717, 1.165) is 31.2 Å². The van der Waals surface area contributed by atoms with Gasteiger partial charge in [0.15, 0.2) is 0 Å². The van der Waals surface area contributed by atoms with Crippen molar-refractivity contribution in [3.05, 3.63) is 59.4 Å². The highest BCUT2D eigenvalue weighted by Crippen LogP contribution is 2.25. The average molecular weight is 279 g/mol. The van der Waals surface area contributed by atoms with Crippen molar-refractivity contribution in [1.29, 1.82) is 0 Å². The number of nitrogens with one attached hydrogen (secondary N) is 1. The minimum atomic E-state index is -0.567. The Balaban J connectivity index is 2.26. The van der Waals surface area contributed by atoms with Gasteiger partial charge in [-0.25, -0.2) is 13.2 Å². The van der Waals surface area contributed by atoms with Gasteiger partial charge in [0.25, 0.3) is 0 Å². The highest BCUT2D eigenvalue weighted by atomic mass is 19.1. The Labute approximate surface area is 116 Å². The number of hydrogen-bond donors (Lipinski definition) is 1. The molecule has 2 aromatic carbocycles. The van der Waals surface area contributed by atoms with Gasteiger partial charge in [-0.1, -0.05) is 19.1 Å². The molecule has 4 heteroatoms. The van der Waals surface area contributed by atoms with Gasteiger partial charge >= 0.3 is 0 Å². The lowest BCUT2D eigenvalue weighted by Gasteiger charge is -2.08. The predicted molar refractivity (Wildman–Crippen MR) is 73.7 cm³/mol. The van der Waals surface area contributed by atoms with Gasteiger partial charge in [0.2, 0.25) is 0 Å². The first-order chi connectivity index (χ1) is 9.61. The van der Waals surface area contributed by atoms with E-state index in [1.165, 1.54) is 6.07 Å². The van der Waals surface area contributed by atoms with Gasteiger partial charge in [-0.3, -0.25) is 0 Å². The Morgan fingerprint density at radius 3 is 2.45 bits per heavy atom. The fourth-order valence-corrected chi connectivity index (χ4v) is 1.98. The molecular weight excluding hydrogens is 263 g/mol. The van der Waals surface area contributed by atoms with Gasteiger partial charge in [-0.05, 0) is 42.8 Å². The third-order valence-electron chi connectivity index (χ3n) is 3.03. The van der Waals surface area contributed by atoms with Crippen molar-refractivity contribution in [2.45, 2.75) is 19.9 Å². The zero-order valence-corrected chi connectivity index (χ0v) is 11.2. The van der Waals surface area contributed by atoms with Crippen LogP contribution in [0.3, 0.4) is 0 Å². The van der Waals surface area contributed by atoms with Gasteiger partial charge in [0, 0.05) is 17.7 Å². The van der Waals surface area contributed by atoms with E-state index in [-0.39, 0.29) is 5.56 Å². The maximum Gasteiger partial charge on any atom is 0.131 e. The van der Waals surface area contributed by atoms with Crippen LogP contribution in [0.2, 0.25) is 0 Å². The molecular formula is C16H16F3N. The van der Waals surface area contributed by atoms with E-state index < -0.39 is 17.5 Å². The van der Waals surface area contributed by atoms with E-state index in [4.69, 9.17) is 0 Å². The van der Waals surface area contributed by atoms with E-state index >= 15 is 0 Å². The molecule has 0 unspecified atom stereocenters. The summed E-state index contributed by atoms with van der Waals surface area (Å²) in [4.78, 5) is 0. The molecule has 0 fully saturated rings. The molecule has 0 aliphatic carbocycles. The Hall–Kier alpha value is -1.81. The smallest absolute Gasteiger partial charge is 0.131 e. The molecule has 2 aromatic rings.